The lowest BCUT2D eigenvalue weighted by atomic mass is 9.79. The van der Waals surface area contributed by atoms with Gasteiger partial charge >= 0.3 is 6.09 Å². The van der Waals surface area contributed by atoms with E-state index in [-0.39, 0.29) is 24.1 Å². The van der Waals surface area contributed by atoms with E-state index in [1.807, 2.05) is 39.1 Å². The van der Waals surface area contributed by atoms with E-state index in [0.29, 0.717) is 11.4 Å². The number of nitrogen functional groups attached to an aromatic ring is 1. The highest BCUT2D eigenvalue weighted by molar-refractivity contribution is 5.68. The van der Waals surface area contributed by atoms with Gasteiger partial charge in [-0.3, -0.25) is 9.88 Å². The highest BCUT2D eigenvalue weighted by Crippen LogP contribution is 2.43. The van der Waals surface area contributed by atoms with Crippen molar-refractivity contribution >= 4 is 11.8 Å². The van der Waals surface area contributed by atoms with Gasteiger partial charge in [0.15, 0.2) is 0 Å². The SMILES string of the molecule is COc1cc2c(cc1N)CCN1C[C@@H](c3cc(C)ccn3)[C@H](NC(=O)OC(C)(C)C)C[C@H]21. The Morgan fingerprint density at radius 2 is 2.06 bits per heavy atom. The number of methoxy groups -OCH3 is 1. The summed E-state index contributed by atoms with van der Waals surface area (Å²) in [5.41, 5.74) is 10.9. The normalized spacial score (nSPS) is 23.1. The maximum Gasteiger partial charge on any atom is 0.407 e. The number of carbonyl (C=O) groups is 1. The molecule has 0 bridgehead atoms. The molecule has 0 spiro atoms. The standard InChI is InChI=1S/C25H34N4O3/c1-15-6-8-27-20(10-15)18-14-29-9-7-16-11-19(26)23(31-5)12-17(16)22(29)13-21(18)28-24(30)32-25(2,3)4/h6,8,10-12,18,21-22H,7,9,13-14,26H2,1-5H3,(H,28,30)/t18-,21+,22+/m0/s1. The van der Waals surface area contributed by atoms with Crippen molar-refractivity contribution in [2.75, 3.05) is 25.9 Å². The lowest BCUT2D eigenvalue weighted by Gasteiger charge is -2.47. The molecule has 1 saturated heterocycles. The van der Waals surface area contributed by atoms with Gasteiger partial charge in [-0.1, -0.05) is 0 Å². The number of amides is 1. The quantitative estimate of drug-likeness (QED) is 0.705. The third-order valence-electron chi connectivity index (χ3n) is 6.37. The van der Waals surface area contributed by atoms with Crippen LogP contribution >= 0.6 is 0 Å². The minimum atomic E-state index is -0.551. The Hall–Kier alpha value is -2.80. The number of aromatic nitrogens is 1. The van der Waals surface area contributed by atoms with Gasteiger partial charge in [0.1, 0.15) is 11.4 Å². The molecule has 1 aromatic carbocycles. The first kappa shape index (κ1) is 22.4. The van der Waals surface area contributed by atoms with E-state index in [0.717, 1.165) is 37.2 Å². The number of nitrogens with two attached hydrogens (primary N) is 1. The van der Waals surface area contributed by atoms with Crippen molar-refractivity contribution in [1.29, 1.82) is 0 Å². The number of carbonyl (C=O) groups excluding carboxylic acids is 1. The number of nitrogens with zero attached hydrogens (tertiary/aromatic N) is 2. The molecule has 1 amide bonds. The molecular formula is C25H34N4O3. The number of anilines is 1. The third-order valence-corrected chi connectivity index (χ3v) is 6.37. The smallest absolute Gasteiger partial charge is 0.407 e. The van der Waals surface area contributed by atoms with E-state index in [1.165, 1.54) is 11.1 Å². The van der Waals surface area contributed by atoms with E-state index in [1.54, 1.807) is 7.11 Å². The van der Waals surface area contributed by atoms with E-state index in [9.17, 15) is 4.79 Å². The van der Waals surface area contributed by atoms with Crippen molar-refractivity contribution in [3.63, 3.8) is 0 Å². The summed E-state index contributed by atoms with van der Waals surface area (Å²) < 4.78 is 11.1. The average molecular weight is 439 g/mol. The summed E-state index contributed by atoms with van der Waals surface area (Å²) in [4.78, 5) is 19.9. The molecule has 7 heteroatoms. The molecule has 0 aliphatic carbocycles. The van der Waals surface area contributed by atoms with Crippen molar-refractivity contribution in [3.8, 4) is 5.75 Å². The fourth-order valence-electron chi connectivity index (χ4n) is 4.94. The number of alkyl carbamates (subject to hydrolysis) is 1. The van der Waals surface area contributed by atoms with Gasteiger partial charge in [0.05, 0.1) is 12.8 Å². The van der Waals surface area contributed by atoms with Crippen LogP contribution in [-0.2, 0) is 11.2 Å². The van der Waals surface area contributed by atoms with Crippen LogP contribution in [0.4, 0.5) is 10.5 Å². The van der Waals surface area contributed by atoms with Gasteiger partial charge < -0.3 is 20.5 Å². The monoisotopic (exact) mass is 438 g/mol. The molecule has 4 rings (SSSR count). The number of aryl methyl sites for hydroxylation is 1. The Morgan fingerprint density at radius 1 is 1.28 bits per heavy atom. The van der Waals surface area contributed by atoms with Crippen LogP contribution in [-0.4, -0.2) is 47.8 Å². The van der Waals surface area contributed by atoms with Crippen LogP contribution in [0.2, 0.25) is 0 Å². The summed E-state index contributed by atoms with van der Waals surface area (Å²) in [6, 6.07) is 8.30. The van der Waals surface area contributed by atoms with Crippen molar-refractivity contribution in [3.05, 3.63) is 52.8 Å². The van der Waals surface area contributed by atoms with Gasteiger partial charge in [-0.05, 0) is 81.5 Å². The summed E-state index contributed by atoms with van der Waals surface area (Å²) in [5.74, 6) is 0.778. The Labute approximate surface area is 190 Å². The largest absolute Gasteiger partial charge is 0.495 e. The van der Waals surface area contributed by atoms with Gasteiger partial charge in [0.25, 0.3) is 0 Å². The minimum absolute atomic E-state index is 0.0795. The van der Waals surface area contributed by atoms with E-state index in [2.05, 4.69) is 34.3 Å². The molecule has 32 heavy (non-hydrogen) atoms. The number of rotatable bonds is 3. The van der Waals surface area contributed by atoms with E-state index < -0.39 is 5.60 Å². The summed E-state index contributed by atoms with van der Waals surface area (Å²) in [7, 11) is 1.64. The van der Waals surface area contributed by atoms with Crippen molar-refractivity contribution < 1.29 is 14.3 Å². The maximum atomic E-state index is 12.7. The number of benzene rings is 1. The summed E-state index contributed by atoms with van der Waals surface area (Å²) in [6.07, 6.45) is 3.16. The highest BCUT2D eigenvalue weighted by atomic mass is 16.6. The van der Waals surface area contributed by atoms with E-state index >= 15 is 0 Å². The van der Waals surface area contributed by atoms with Gasteiger partial charge in [0.2, 0.25) is 0 Å². The molecule has 3 heterocycles. The number of piperidine rings is 1. The summed E-state index contributed by atoms with van der Waals surface area (Å²) in [5, 5.41) is 3.16. The third kappa shape index (κ3) is 4.67. The van der Waals surface area contributed by atoms with Crippen LogP contribution in [0.1, 0.15) is 61.5 Å². The van der Waals surface area contributed by atoms with Crippen molar-refractivity contribution in [1.82, 2.24) is 15.2 Å². The number of hydrogen-bond donors (Lipinski definition) is 2. The molecule has 2 aliphatic heterocycles. The lowest BCUT2D eigenvalue weighted by molar-refractivity contribution is 0.0411. The zero-order valence-electron chi connectivity index (χ0n) is 19.6. The fraction of sp³-hybridized carbons (Fsp3) is 0.520. The maximum absolute atomic E-state index is 12.7. The molecule has 3 atom stereocenters. The second-order valence-corrected chi connectivity index (χ2v) is 9.91. The van der Waals surface area contributed by atoms with Crippen LogP contribution in [0.25, 0.3) is 0 Å². The first-order valence-electron chi connectivity index (χ1n) is 11.3. The van der Waals surface area contributed by atoms with Crippen molar-refractivity contribution in [2.24, 2.45) is 0 Å². The molecule has 1 fully saturated rings. The zero-order valence-corrected chi connectivity index (χ0v) is 19.6. The Bertz CT molecular complexity index is 1000. The predicted molar refractivity (Wildman–Crippen MR) is 125 cm³/mol. The second kappa shape index (κ2) is 8.62. The zero-order chi connectivity index (χ0) is 23.0. The summed E-state index contributed by atoms with van der Waals surface area (Å²) in [6.45, 7) is 9.47. The molecule has 2 aromatic rings. The van der Waals surface area contributed by atoms with Crippen LogP contribution in [0, 0.1) is 6.92 Å². The number of fused-ring (bicyclic) bond motifs is 3. The topological polar surface area (TPSA) is 89.7 Å². The first-order valence-corrected chi connectivity index (χ1v) is 11.3. The van der Waals surface area contributed by atoms with Crippen LogP contribution in [0.3, 0.4) is 0 Å². The Morgan fingerprint density at radius 3 is 2.75 bits per heavy atom. The Kier molecular flexibility index (Phi) is 6.03. The lowest BCUT2D eigenvalue weighted by Crippen LogP contribution is -2.53. The van der Waals surface area contributed by atoms with Crippen LogP contribution in [0.15, 0.2) is 30.5 Å². The van der Waals surface area contributed by atoms with Crippen LogP contribution in [0.5, 0.6) is 5.75 Å². The molecule has 0 saturated carbocycles. The molecule has 1 aromatic heterocycles. The molecule has 0 unspecified atom stereocenters. The Balaban J connectivity index is 1.67. The second-order valence-electron chi connectivity index (χ2n) is 9.91. The highest BCUT2D eigenvalue weighted by Gasteiger charge is 2.41. The molecule has 3 N–H and O–H groups in total. The molecular weight excluding hydrogens is 404 g/mol. The number of nitrogens with one attached hydrogen (secondary N) is 1. The molecule has 2 aliphatic rings. The van der Waals surface area contributed by atoms with E-state index in [4.69, 9.17) is 15.2 Å². The fourth-order valence-corrected chi connectivity index (χ4v) is 4.94. The molecule has 172 valence electrons. The van der Waals surface area contributed by atoms with Crippen molar-refractivity contribution in [2.45, 2.75) is 64.1 Å². The number of ether oxygens (including phenoxy) is 2. The molecule has 7 nitrogen and oxygen atoms in total. The minimum Gasteiger partial charge on any atom is -0.495 e. The van der Waals surface area contributed by atoms with Crippen LogP contribution < -0.4 is 15.8 Å². The number of pyridine rings is 1. The first-order chi connectivity index (χ1) is 15.1. The van der Waals surface area contributed by atoms with Gasteiger partial charge in [-0.15, -0.1) is 0 Å². The molecule has 0 radical (unpaired) electrons. The predicted octanol–water partition coefficient (Wildman–Crippen LogP) is 3.96. The average Bonchev–Trinajstić information content (AvgIpc) is 2.71. The van der Waals surface area contributed by atoms with Gasteiger partial charge in [-0.25, -0.2) is 4.79 Å². The van der Waals surface area contributed by atoms with Gasteiger partial charge in [0, 0.05) is 43.0 Å². The summed E-state index contributed by atoms with van der Waals surface area (Å²) >= 11 is 0. The van der Waals surface area contributed by atoms with Gasteiger partial charge in [-0.2, -0.15) is 0 Å². The number of hydrogen-bond acceptors (Lipinski definition) is 6.